The lowest BCUT2D eigenvalue weighted by Crippen LogP contribution is -1.86. The molecule has 0 atom stereocenters. The average molecular weight is 315 g/mol. The van der Waals surface area contributed by atoms with Gasteiger partial charge in [-0.2, -0.15) is 0 Å². The standard InChI is InChI=1S/C10H5BrClN3S/c11-6-3-4-15-9(5-6)13-14-10(15)7-1-2-8(12)16-7/h1-5H. The molecule has 0 saturated carbocycles. The Morgan fingerprint density at radius 3 is 2.88 bits per heavy atom. The summed E-state index contributed by atoms with van der Waals surface area (Å²) in [5, 5.41) is 8.28. The van der Waals surface area contributed by atoms with Crippen LogP contribution in [-0.2, 0) is 0 Å². The Morgan fingerprint density at radius 2 is 2.12 bits per heavy atom. The van der Waals surface area contributed by atoms with Crippen LogP contribution in [0.3, 0.4) is 0 Å². The van der Waals surface area contributed by atoms with E-state index in [1.165, 1.54) is 11.3 Å². The molecule has 0 spiro atoms. The molecule has 80 valence electrons. The first kappa shape index (κ1) is 10.3. The third kappa shape index (κ3) is 1.65. The highest BCUT2D eigenvalue weighted by Crippen LogP contribution is 2.30. The summed E-state index contributed by atoms with van der Waals surface area (Å²) in [5.41, 5.74) is 0.814. The van der Waals surface area contributed by atoms with Crippen LogP contribution in [0, 0.1) is 0 Å². The summed E-state index contributed by atoms with van der Waals surface area (Å²) in [7, 11) is 0. The summed E-state index contributed by atoms with van der Waals surface area (Å²) in [6, 6.07) is 7.69. The second-order valence-corrected chi connectivity index (χ2v) is 5.83. The van der Waals surface area contributed by atoms with E-state index in [0.717, 1.165) is 25.2 Å². The van der Waals surface area contributed by atoms with Crippen molar-refractivity contribution in [1.82, 2.24) is 14.6 Å². The quantitative estimate of drug-likeness (QED) is 0.682. The van der Waals surface area contributed by atoms with E-state index in [2.05, 4.69) is 26.1 Å². The zero-order valence-corrected chi connectivity index (χ0v) is 11.1. The minimum atomic E-state index is 0.754. The zero-order chi connectivity index (χ0) is 11.1. The van der Waals surface area contributed by atoms with Crippen molar-refractivity contribution in [3.8, 4) is 10.7 Å². The van der Waals surface area contributed by atoms with Crippen LogP contribution in [0.4, 0.5) is 0 Å². The van der Waals surface area contributed by atoms with Crippen molar-refractivity contribution < 1.29 is 0 Å². The molecule has 0 amide bonds. The highest BCUT2D eigenvalue weighted by Gasteiger charge is 2.09. The number of nitrogens with zero attached hydrogens (tertiary/aromatic N) is 3. The third-order valence-electron chi connectivity index (χ3n) is 2.17. The number of thiophene rings is 1. The molecule has 0 aliphatic heterocycles. The number of pyridine rings is 1. The van der Waals surface area contributed by atoms with E-state index in [-0.39, 0.29) is 0 Å². The first-order chi connectivity index (χ1) is 7.74. The maximum atomic E-state index is 5.91. The maximum absolute atomic E-state index is 5.91. The Balaban J connectivity index is 2.25. The molecule has 3 aromatic rings. The molecule has 0 radical (unpaired) electrons. The number of hydrogen-bond acceptors (Lipinski definition) is 3. The minimum absolute atomic E-state index is 0.754. The number of aromatic nitrogens is 3. The van der Waals surface area contributed by atoms with Crippen molar-refractivity contribution in [3.05, 3.63) is 39.3 Å². The van der Waals surface area contributed by atoms with Crippen LogP contribution < -0.4 is 0 Å². The molecule has 0 bridgehead atoms. The van der Waals surface area contributed by atoms with E-state index in [4.69, 9.17) is 11.6 Å². The van der Waals surface area contributed by atoms with Gasteiger partial charge in [0, 0.05) is 10.7 Å². The fourth-order valence-corrected chi connectivity index (χ4v) is 2.82. The van der Waals surface area contributed by atoms with Gasteiger partial charge in [-0.25, -0.2) is 0 Å². The molecule has 3 nitrogen and oxygen atoms in total. The molecule has 6 heteroatoms. The van der Waals surface area contributed by atoms with Gasteiger partial charge in [0.25, 0.3) is 0 Å². The molecule has 0 fully saturated rings. The number of halogens is 2. The van der Waals surface area contributed by atoms with Crippen molar-refractivity contribution in [3.63, 3.8) is 0 Å². The van der Waals surface area contributed by atoms with Crippen LogP contribution >= 0.6 is 38.9 Å². The molecule has 3 heterocycles. The highest BCUT2D eigenvalue weighted by atomic mass is 79.9. The van der Waals surface area contributed by atoms with Crippen LogP contribution in [0.25, 0.3) is 16.3 Å². The Labute approximate surface area is 109 Å². The third-order valence-corrected chi connectivity index (χ3v) is 3.89. The largest absolute Gasteiger partial charge is 0.282 e. The van der Waals surface area contributed by atoms with Gasteiger partial charge >= 0.3 is 0 Å². The van der Waals surface area contributed by atoms with Crippen molar-refractivity contribution in [2.24, 2.45) is 0 Å². The average Bonchev–Trinajstić information content (AvgIpc) is 2.83. The van der Waals surface area contributed by atoms with E-state index >= 15 is 0 Å². The van der Waals surface area contributed by atoms with Gasteiger partial charge in [-0.15, -0.1) is 21.5 Å². The Hall–Kier alpha value is -0.910. The fraction of sp³-hybridized carbons (Fsp3) is 0. The predicted molar refractivity (Wildman–Crippen MR) is 69.0 cm³/mol. The molecule has 0 N–H and O–H groups in total. The van der Waals surface area contributed by atoms with Gasteiger partial charge in [0.15, 0.2) is 11.5 Å². The predicted octanol–water partition coefficient (Wildman–Crippen LogP) is 3.87. The lowest BCUT2D eigenvalue weighted by atomic mass is 10.4. The van der Waals surface area contributed by atoms with Gasteiger partial charge in [-0.05, 0) is 24.3 Å². The highest BCUT2D eigenvalue weighted by molar-refractivity contribution is 9.10. The fourth-order valence-electron chi connectivity index (χ4n) is 1.47. The van der Waals surface area contributed by atoms with E-state index in [1.54, 1.807) is 0 Å². The molecule has 0 aliphatic carbocycles. The second kappa shape index (κ2) is 3.84. The van der Waals surface area contributed by atoms with Crippen molar-refractivity contribution in [2.45, 2.75) is 0 Å². The van der Waals surface area contributed by atoms with Gasteiger partial charge in [-0.1, -0.05) is 27.5 Å². The van der Waals surface area contributed by atoms with Gasteiger partial charge in [0.1, 0.15) is 0 Å². The summed E-state index contributed by atoms with van der Waals surface area (Å²) >= 11 is 10.8. The monoisotopic (exact) mass is 313 g/mol. The van der Waals surface area contributed by atoms with E-state index in [1.807, 2.05) is 34.9 Å². The normalized spacial score (nSPS) is 11.1. The number of hydrogen-bond donors (Lipinski definition) is 0. The van der Waals surface area contributed by atoms with E-state index in [0.29, 0.717) is 0 Å². The Kier molecular flexibility index (Phi) is 2.46. The molecular formula is C10H5BrClN3S. The molecule has 0 aromatic carbocycles. The molecule has 0 saturated heterocycles. The van der Waals surface area contributed by atoms with Gasteiger partial charge in [-0.3, -0.25) is 4.40 Å². The van der Waals surface area contributed by atoms with Crippen molar-refractivity contribution >= 4 is 44.5 Å². The van der Waals surface area contributed by atoms with Crippen LogP contribution in [0.15, 0.2) is 34.9 Å². The molecule has 0 aliphatic rings. The lowest BCUT2D eigenvalue weighted by Gasteiger charge is -1.96. The SMILES string of the molecule is Clc1ccc(-c2nnc3cc(Br)ccn23)s1. The molecule has 3 rings (SSSR count). The minimum Gasteiger partial charge on any atom is -0.282 e. The summed E-state index contributed by atoms with van der Waals surface area (Å²) in [5.74, 6) is 0.819. The van der Waals surface area contributed by atoms with E-state index in [9.17, 15) is 0 Å². The van der Waals surface area contributed by atoms with Crippen LogP contribution in [0.2, 0.25) is 4.34 Å². The first-order valence-corrected chi connectivity index (χ1v) is 6.49. The van der Waals surface area contributed by atoms with Crippen molar-refractivity contribution in [1.29, 1.82) is 0 Å². The molecule has 0 unspecified atom stereocenters. The maximum Gasteiger partial charge on any atom is 0.178 e. The Bertz CT molecular complexity index is 661. The van der Waals surface area contributed by atoms with E-state index < -0.39 is 0 Å². The summed E-state index contributed by atoms with van der Waals surface area (Å²) in [6.45, 7) is 0. The molecular weight excluding hydrogens is 310 g/mol. The summed E-state index contributed by atoms with van der Waals surface area (Å²) < 4.78 is 3.68. The molecule has 3 aromatic heterocycles. The summed E-state index contributed by atoms with van der Waals surface area (Å²) in [6.07, 6.45) is 1.93. The lowest BCUT2D eigenvalue weighted by molar-refractivity contribution is 1.12. The first-order valence-electron chi connectivity index (χ1n) is 4.50. The van der Waals surface area contributed by atoms with Crippen LogP contribution in [0.1, 0.15) is 0 Å². The zero-order valence-electron chi connectivity index (χ0n) is 7.89. The van der Waals surface area contributed by atoms with Crippen molar-refractivity contribution in [2.75, 3.05) is 0 Å². The summed E-state index contributed by atoms with van der Waals surface area (Å²) in [4.78, 5) is 1.01. The van der Waals surface area contributed by atoms with Gasteiger partial charge < -0.3 is 0 Å². The van der Waals surface area contributed by atoms with Gasteiger partial charge in [0.2, 0.25) is 0 Å². The Morgan fingerprint density at radius 1 is 1.25 bits per heavy atom. The topological polar surface area (TPSA) is 30.2 Å². The second-order valence-electron chi connectivity index (χ2n) is 3.20. The molecule has 16 heavy (non-hydrogen) atoms. The number of rotatable bonds is 1. The van der Waals surface area contributed by atoms with Crippen LogP contribution in [0.5, 0.6) is 0 Å². The smallest absolute Gasteiger partial charge is 0.178 e. The van der Waals surface area contributed by atoms with Gasteiger partial charge in [0.05, 0.1) is 9.21 Å². The van der Waals surface area contributed by atoms with Crippen LogP contribution in [-0.4, -0.2) is 14.6 Å². The number of fused-ring (bicyclic) bond motifs is 1.